The fraction of sp³-hybridized carbons (Fsp3) is 1.00. The largest absolute Gasteiger partial charge is 0.412 e. The molecule has 2 rings (SSSR count). The van der Waals surface area contributed by atoms with Crippen LogP contribution < -0.4 is 10.2 Å². The summed E-state index contributed by atoms with van der Waals surface area (Å²) in [5, 5.41) is 5.81. The Morgan fingerprint density at radius 1 is 0.690 bits per heavy atom. The van der Waals surface area contributed by atoms with Crippen LogP contribution in [0, 0.1) is 0 Å². The second kappa shape index (κ2) is 16.9. The maximum Gasteiger partial charge on any atom is 0.343 e. The van der Waals surface area contributed by atoms with E-state index in [0.29, 0.717) is 62.9 Å². The average Bonchev–Trinajstić information content (AvgIpc) is 2.69. The highest BCUT2D eigenvalue weighted by Gasteiger charge is 2.33. The van der Waals surface area contributed by atoms with Crippen LogP contribution in [0.1, 0.15) is 12.8 Å². The van der Waals surface area contributed by atoms with Crippen molar-refractivity contribution in [2.45, 2.75) is 12.8 Å². The Morgan fingerprint density at radius 2 is 1.00 bits per heavy atom. The number of rotatable bonds is 10. The SMILES string of the molecule is O.O=P1(N(CCCl)CCCl)NCCCO1.O=P1(N(CCCl)CCCl)NCCCO1. The van der Waals surface area contributed by atoms with Gasteiger partial charge in [0.2, 0.25) is 0 Å². The minimum Gasteiger partial charge on any atom is -0.412 e. The Balaban J connectivity index is 0.000000523. The standard InChI is InChI=1S/2C7H15Cl2N2O2P.H2O/c2*8-2-5-11(6-3-9)14(12)10-4-1-7-13-14;/h2*1-7H2,(H,10,12);1H2. The number of nitrogens with zero attached hydrogens (tertiary/aromatic N) is 2. The van der Waals surface area contributed by atoms with E-state index in [4.69, 9.17) is 55.5 Å². The Labute approximate surface area is 193 Å². The topological polar surface area (TPSA) is 115 Å². The monoisotopic (exact) mass is 538 g/mol. The number of hydrogen-bond donors (Lipinski definition) is 2. The molecule has 0 aliphatic carbocycles. The molecule has 9 nitrogen and oxygen atoms in total. The number of halogens is 4. The number of nitrogens with one attached hydrogen (secondary N) is 2. The van der Waals surface area contributed by atoms with E-state index in [1.54, 1.807) is 9.34 Å². The minimum absolute atomic E-state index is 0. The number of hydrogen-bond acceptors (Lipinski definition) is 4. The summed E-state index contributed by atoms with van der Waals surface area (Å²) in [6, 6.07) is 0. The maximum atomic E-state index is 12.2. The van der Waals surface area contributed by atoms with E-state index in [2.05, 4.69) is 10.2 Å². The van der Waals surface area contributed by atoms with Gasteiger partial charge in [0, 0.05) is 62.8 Å². The van der Waals surface area contributed by atoms with Gasteiger partial charge >= 0.3 is 15.3 Å². The van der Waals surface area contributed by atoms with Gasteiger partial charge in [-0.2, -0.15) is 0 Å². The fourth-order valence-electron chi connectivity index (χ4n) is 2.56. The molecule has 0 spiro atoms. The second-order valence-electron chi connectivity index (χ2n) is 5.89. The zero-order chi connectivity index (χ0) is 20.9. The molecule has 2 saturated heterocycles. The number of alkyl halides is 4. The van der Waals surface area contributed by atoms with Crippen molar-refractivity contribution in [3.8, 4) is 0 Å². The van der Waals surface area contributed by atoms with Crippen molar-refractivity contribution in [2.24, 2.45) is 0 Å². The first-order valence-electron chi connectivity index (χ1n) is 9.20. The molecule has 0 saturated carbocycles. The quantitative estimate of drug-likeness (QED) is 0.321. The van der Waals surface area contributed by atoms with Crippen LogP contribution >= 0.6 is 61.7 Å². The van der Waals surface area contributed by atoms with Crippen LogP contribution in [-0.2, 0) is 18.2 Å². The van der Waals surface area contributed by atoms with E-state index in [1.165, 1.54) is 0 Å². The third-order valence-corrected chi connectivity index (χ3v) is 9.19. The molecule has 29 heavy (non-hydrogen) atoms. The van der Waals surface area contributed by atoms with Crippen LogP contribution in [-0.4, -0.2) is 90.8 Å². The molecule has 0 aromatic rings. The van der Waals surface area contributed by atoms with E-state index in [-0.39, 0.29) is 5.48 Å². The lowest BCUT2D eigenvalue weighted by Crippen LogP contribution is -2.35. The molecule has 176 valence electrons. The van der Waals surface area contributed by atoms with Gasteiger partial charge in [-0.1, -0.05) is 0 Å². The summed E-state index contributed by atoms with van der Waals surface area (Å²) in [7, 11) is -5.68. The molecule has 4 N–H and O–H groups in total. The van der Waals surface area contributed by atoms with Crippen molar-refractivity contribution in [1.82, 2.24) is 19.5 Å². The van der Waals surface area contributed by atoms with Crippen molar-refractivity contribution in [2.75, 3.05) is 76.0 Å². The summed E-state index contributed by atoms with van der Waals surface area (Å²) >= 11 is 22.5. The van der Waals surface area contributed by atoms with E-state index in [9.17, 15) is 9.13 Å². The van der Waals surface area contributed by atoms with E-state index >= 15 is 0 Å². The molecule has 0 amide bonds. The molecule has 0 radical (unpaired) electrons. The Bertz CT molecular complexity index is 450. The van der Waals surface area contributed by atoms with Gasteiger partial charge in [0.15, 0.2) is 0 Å². The molecule has 0 aromatic carbocycles. The molecule has 2 aliphatic heterocycles. The highest BCUT2D eigenvalue weighted by molar-refractivity contribution is 7.54. The molecule has 2 heterocycles. The third-order valence-electron chi connectivity index (χ3n) is 3.91. The van der Waals surface area contributed by atoms with Crippen LogP contribution in [0.25, 0.3) is 0 Å². The smallest absolute Gasteiger partial charge is 0.343 e. The van der Waals surface area contributed by atoms with Gasteiger partial charge in [-0.25, -0.2) is 19.5 Å². The van der Waals surface area contributed by atoms with Crippen LogP contribution in [0.3, 0.4) is 0 Å². The molecular formula is C14H32Cl4N4O5P2. The highest BCUT2D eigenvalue weighted by atomic mass is 35.5. The Kier molecular flexibility index (Phi) is 17.7. The maximum absolute atomic E-state index is 12.2. The van der Waals surface area contributed by atoms with Gasteiger partial charge in [0.05, 0.1) is 13.2 Å². The Morgan fingerprint density at radius 3 is 1.21 bits per heavy atom. The van der Waals surface area contributed by atoms with Gasteiger partial charge in [-0.3, -0.25) is 9.13 Å². The summed E-state index contributed by atoms with van der Waals surface area (Å²) in [6.45, 7) is 4.61. The van der Waals surface area contributed by atoms with Crippen LogP contribution in [0.2, 0.25) is 0 Å². The summed E-state index contributed by atoms with van der Waals surface area (Å²) in [5.74, 6) is 1.69. The van der Waals surface area contributed by atoms with Crippen molar-refractivity contribution < 1.29 is 23.7 Å². The van der Waals surface area contributed by atoms with Crippen molar-refractivity contribution in [3.63, 3.8) is 0 Å². The van der Waals surface area contributed by atoms with Crippen molar-refractivity contribution in [1.29, 1.82) is 0 Å². The molecular weight excluding hydrogens is 508 g/mol. The first kappa shape index (κ1) is 30.3. The lowest BCUT2D eigenvalue weighted by molar-refractivity contribution is 0.232. The molecule has 0 aromatic heterocycles. The van der Waals surface area contributed by atoms with Crippen LogP contribution in [0.4, 0.5) is 0 Å². The third kappa shape index (κ3) is 10.7. The van der Waals surface area contributed by atoms with E-state index < -0.39 is 15.3 Å². The lowest BCUT2D eigenvalue weighted by atomic mass is 10.5. The normalized spacial score (nSPS) is 27.2. The molecule has 15 heteroatoms. The van der Waals surface area contributed by atoms with Gasteiger partial charge < -0.3 is 14.5 Å². The average molecular weight is 540 g/mol. The van der Waals surface area contributed by atoms with Crippen LogP contribution in [0.5, 0.6) is 0 Å². The zero-order valence-corrected chi connectivity index (χ0v) is 21.1. The zero-order valence-electron chi connectivity index (χ0n) is 16.3. The van der Waals surface area contributed by atoms with Gasteiger partial charge in [0.1, 0.15) is 0 Å². The van der Waals surface area contributed by atoms with Crippen LogP contribution in [0.15, 0.2) is 0 Å². The predicted molar refractivity (Wildman–Crippen MR) is 122 cm³/mol. The highest BCUT2D eigenvalue weighted by Crippen LogP contribution is 2.48. The Hall–Kier alpha value is 1.34. The van der Waals surface area contributed by atoms with Crippen molar-refractivity contribution in [3.05, 3.63) is 0 Å². The molecule has 2 fully saturated rings. The van der Waals surface area contributed by atoms with E-state index in [1.807, 2.05) is 0 Å². The fourth-order valence-corrected chi connectivity index (χ4v) is 7.84. The first-order chi connectivity index (χ1) is 13.5. The summed E-state index contributed by atoms with van der Waals surface area (Å²) in [4.78, 5) is 0. The first-order valence-corrected chi connectivity index (χ1v) is 14.5. The predicted octanol–water partition coefficient (Wildman–Crippen LogP) is 2.94. The van der Waals surface area contributed by atoms with Gasteiger partial charge in [0.25, 0.3) is 0 Å². The summed E-state index contributed by atoms with van der Waals surface area (Å²) in [6.07, 6.45) is 1.78. The summed E-state index contributed by atoms with van der Waals surface area (Å²) in [5.41, 5.74) is 0. The van der Waals surface area contributed by atoms with E-state index in [0.717, 1.165) is 25.9 Å². The summed E-state index contributed by atoms with van der Waals surface area (Å²) < 4.78 is 38.3. The lowest BCUT2D eigenvalue weighted by Gasteiger charge is -2.33. The van der Waals surface area contributed by atoms with Crippen molar-refractivity contribution >= 4 is 61.7 Å². The second-order valence-corrected chi connectivity index (χ2v) is 11.8. The molecule has 2 aliphatic rings. The van der Waals surface area contributed by atoms with Gasteiger partial charge in [-0.15, -0.1) is 46.4 Å². The molecule has 2 atom stereocenters. The van der Waals surface area contributed by atoms with Gasteiger partial charge in [-0.05, 0) is 12.8 Å². The minimum atomic E-state index is -2.84. The molecule has 0 bridgehead atoms. The molecule has 2 unspecified atom stereocenters.